The highest BCUT2D eigenvalue weighted by atomic mass is 16.5. The summed E-state index contributed by atoms with van der Waals surface area (Å²) in [5.74, 6) is 1.90. The van der Waals surface area contributed by atoms with E-state index in [1.165, 1.54) is 0 Å². The van der Waals surface area contributed by atoms with Gasteiger partial charge in [-0.25, -0.2) is 9.97 Å². The molecule has 4 heterocycles. The van der Waals surface area contributed by atoms with Crippen molar-refractivity contribution >= 4 is 11.8 Å². The first kappa shape index (κ1) is 37.1. The van der Waals surface area contributed by atoms with Crippen LogP contribution in [0.15, 0.2) is 122 Å². The molecule has 4 aromatic carbocycles. The lowest BCUT2D eigenvalue weighted by Gasteiger charge is -2.31. The first-order valence-electron chi connectivity index (χ1n) is 19.6. The number of aromatic nitrogens is 4. The van der Waals surface area contributed by atoms with Crippen LogP contribution in [0.2, 0.25) is 0 Å². The summed E-state index contributed by atoms with van der Waals surface area (Å²) in [4.78, 5) is 49.6. The molecule has 10 nitrogen and oxygen atoms in total. The van der Waals surface area contributed by atoms with Crippen molar-refractivity contribution in [3.63, 3.8) is 0 Å². The van der Waals surface area contributed by atoms with Crippen molar-refractivity contribution < 1.29 is 14.3 Å². The summed E-state index contributed by atoms with van der Waals surface area (Å²) in [5, 5.41) is 0. The number of benzene rings is 4. The number of H-pyrrole nitrogens is 2. The zero-order valence-electron chi connectivity index (χ0n) is 32.1. The Hall–Kier alpha value is -5.84. The number of amides is 2. The maximum absolute atomic E-state index is 13.9. The predicted molar refractivity (Wildman–Crippen MR) is 217 cm³/mol. The van der Waals surface area contributed by atoms with E-state index < -0.39 is 0 Å². The van der Waals surface area contributed by atoms with Gasteiger partial charge in [-0.1, -0.05) is 103 Å². The van der Waals surface area contributed by atoms with Gasteiger partial charge in [0.15, 0.2) is 0 Å². The van der Waals surface area contributed by atoms with E-state index in [9.17, 15) is 9.59 Å². The zero-order chi connectivity index (χ0) is 38.4. The molecular weight excluding hydrogens is 699 g/mol. The van der Waals surface area contributed by atoms with Crippen LogP contribution in [0.3, 0.4) is 0 Å². The fourth-order valence-corrected chi connectivity index (χ4v) is 8.19. The van der Waals surface area contributed by atoms with Gasteiger partial charge in [-0.05, 0) is 79.2 Å². The Labute approximate surface area is 328 Å². The summed E-state index contributed by atoms with van der Waals surface area (Å²) < 4.78 is 6.16. The van der Waals surface area contributed by atoms with Crippen LogP contribution in [-0.4, -0.2) is 73.6 Å². The molecular formula is C46H49N7O3. The van der Waals surface area contributed by atoms with Gasteiger partial charge in [-0.2, -0.15) is 0 Å². The van der Waals surface area contributed by atoms with Crippen molar-refractivity contribution in [1.82, 2.24) is 34.6 Å². The van der Waals surface area contributed by atoms with Gasteiger partial charge in [0.05, 0.1) is 55.5 Å². The molecule has 6 aromatic rings. The monoisotopic (exact) mass is 747 g/mol. The minimum Gasteiger partial charge on any atom is -0.372 e. The largest absolute Gasteiger partial charge is 0.372 e. The lowest BCUT2D eigenvalue weighted by atomic mass is 10.0. The number of carbonyl (C=O) groups is 2. The first-order chi connectivity index (χ1) is 27.4. The van der Waals surface area contributed by atoms with Crippen LogP contribution in [0.1, 0.15) is 77.7 Å². The van der Waals surface area contributed by atoms with Crippen molar-refractivity contribution in [3.05, 3.63) is 155 Å². The van der Waals surface area contributed by atoms with Gasteiger partial charge in [0.1, 0.15) is 17.7 Å². The van der Waals surface area contributed by atoms with Crippen LogP contribution in [-0.2, 0) is 34.0 Å². The zero-order valence-corrected chi connectivity index (χ0v) is 32.1. The fraction of sp³-hybridized carbons (Fsp3) is 0.304. The second kappa shape index (κ2) is 16.9. The molecule has 2 fully saturated rings. The number of imidazole rings is 2. The SMILES string of the molecule is CN(C)[C@@H](C(=O)N1CCC[C@H]1c1ncc(-c2ccc(COCc3cccc(-c4cnc([C@@H]5CCCN5C(=O)Cc5ccccc5)[nH]4)c3)cc2)[nH]1)c1ccccc1. The fourth-order valence-electron chi connectivity index (χ4n) is 8.19. The van der Waals surface area contributed by atoms with Gasteiger partial charge in [-0.3, -0.25) is 14.5 Å². The molecule has 0 saturated carbocycles. The summed E-state index contributed by atoms with van der Waals surface area (Å²) in [6, 6.07) is 36.1. The number of likely N-dealkylation sites (tertiary alicyclic amines) is 2. The Morgan fingerprint density at radius 2 is 1.29 bits per heavy atom. The Balaban J connectivity index is 0.855. The van der Waals surface area contributed by atoms with Gasteiger partial charge in [0, 0.05) is 13.1 Å². The van der Waals surface area contributed by atoms with Crippen LogP contribution in [0.25, 0.3) is 22.5 Å². The van der Waals surface area contributed by atoms with Crippen molar-refractivity contribution in [2.24, 2.45) is 0 Å². The molecule has 2 saturated heterocycles. The molecule has 2 amide bonds. The minimum absolute atomic E-state index is 0.0390. The highest BCUT2D eigenvalue weighted by Gasteiger charge is 2.37. The highest BCUT2D eigenvalue weighted by molar-refractivity contribution is 5.84. The van der Waals surface area contributed by atoms with E-state index in [1.807, 2.05) is 108 Å². The Kier molecular flexibility index (Phi) is 11.2. The summed E-state index contributed by atoms with van der Waals surface area (Å²) in [7, 11) is 3.92. The van der Waals surface area contributed by atoms with Gasteiger partial charge in [0.2, 0.25) is 11.8 Å². The van der Waals surface area contributed by atoms with Crippen LogP contribution in [0.4, 0.5) is 0 Å². The molecule has 2 aliphatic heterocycles. The topological polar surface area (TPSA) is 110 Å². The maximum atomic E-state index is 13.9. The van der Waals surface area contributed by atoms with Crippen molar-refractivity contribution in [2.45, 2.75) is 63.4 Å². The van der Waals surface area contributed by atoms with E-state index >= 15 is 0 Å². The summed E-state index contributed by atoms with van der Waals surface area (Å²) in [6.45, 7) is 2.43. The Morgan fingerprint density at radius 1 is 0.696 bits per heavy atom. The second-order valence-corrected chi connectivity index (χ2v) is 15.1. The number of hydrogen-bond donors (Lipinski definition) is 2. The molecule has 286 valence electrons. The number of hydrogen-bond acceptors (Lipinski definition) is 6. The Bertz CT molecular complexity index is 2230. The van der Waals surface area contributed by atoms with Crippen molar-refractivity contribution in [2.75, 3.05) is 27.2 Å². The van der Waals surface area contributed by atoms with Crippen molar-refractivity contribution in [3.8, 4) is 22.5 Å². The molecule has 0 radical (unpaired) electrons. The lowest BCUT2D eigenvalue weighted by Crippen LogP contribution is -2.40. The van der Waals surface area contributed by atoms with Gasteiger partial charge in [-0.15, -0.1) is 0 Å². The van der Waals surface area contributed by atoms with E-state index in [1.54, 1.807) is 0 Å². The standard InChI is InChI=1S/C46H49N7O3/c1-51(2)43(36-15-7-4-8-16-36)46(55)53-25-11-19-41(53)45-47-28-38(49-45)35-22-20-33(21-23-35)30-56-31-34-14-9-17-37(26-34)39-29-48-44(50-39)40-18-10-24-52(40)42(54)27-32-12-5-3-6-13-32/h3-9,12-17,20-23,26,28-29,40-41,43H,10-11,18-19,24-25,27,30-31H2,1-2H3,(H,47,49)(H,48,50)/t40-,41-,43+/m0/s1. The molecule has 0 aliphatic carbocycles. The quantitative estimate of drug-likeness (QED) is 0.124. The van der Waals surface area contributed by atoms with Crippen LogP contribution < -0.4 is 0 Å². The summed E-state index contributed by atoms with van der Waals surface area (Å²) in [6.07, 6.45) is 7.84. The number of likely N-dealkylation sites (N-methyl/N-ethyl adjacent to an activating group) is 1. The minimum atomic E-state index is -0.340. The first-order valence-corrected chi connectivity index (χ1v) is 19.6. The molecule has 8 rings (SSSR count). The van der Waals surface area contributed by atoms with Gasteiger partial charge >= 0.3 is 0 Å². The molecule has 0 unspecified atom stereocenters. The molecule has 10 heteroatoms. The van der Waals surface area contributed by atoms with E-state index in [2.05, 4.69) is 52.4 Å². The van der Waals surface area contributed by atoms with Crippen LogP contribution in [0, 0.1) is 0 Å². The van der Waals surface area contributed by atoms with E-state index in [0.29, 0.717) is 19.6 Å². The van der Waals surface area contributed by atoms with Crippen LogP contribution >= 0.6 is 0 Å². The number of aromatic amines is 2. The number of carbonyl (C=O) groups excluding carboxylic acids is 2. The molecule has 0 spiro atoms. The lowest BCUT2D eigenvalue weighted by molar-refractivity contribution is -0.137. The molecule has 0 bridgehead atoms. The third-order valence-corrected chi connectivity index (χ3v) is 11.0. The van der Waals surface area contributed by atoms with Crippen molar-refractivity contribution in [1.29, 1.82) is 0 Å². The maximum Gasteiger partial charge on any atom is 0.245 e. The summed E-state index contributed by atoms with van der Waals surface area (Å²) >= 11 is 0. The third kappa shape index (κ3) is 8.22. The molecule has 2 aliphatic rings. The summed E-state index contributed by atoms with van der Waals surface area (Å²) in [5.41, 5.74) is 8.10. The normalized spacial score (nSPS) is 17.5. The number of nitrogens with zero attached hydrogens (tertiary/aromatic N) is 5. The average molecular weight is 748 g/mol. The highest BCUT2D eigenvalue weighted by Crippen LogP contribution is 2.36. The average Bonchev–Trinajstić information content (AvgIpc) is 4.06. The number of rotatable bonds is 13. The Morgan fingerprint density at radius 3 is 1.96 bits per heavy atom. The smallest absolute Gasteiger partial charge is 0.245 e. The van der Waals surface area contributed by atoms with Gasteiger partial charge < -0.3 is 24.5 Å². The van der Waals surface area contributed by atoms with Crippen LogP contribution in [0.5, 0.6) is 0 Å². The molecule has 56 heavy (non-hydrogen) atoms. The van der Waals surface area contributed by atoms with Gasteiger partial charge in [0.25, 0.3) is 0 Å². The molecule has 2 N–H and O–H groups in total. The predicted octanol–water partition coefficient (Wildman–Crippen LogP) is 8.06. The second-order valence-electron chi connectivity index (χ2n) is 15.1. The number of nitrogens with one attached hydrogen (secondary N) is 2. The molecule has 3 atom stereocenters. The molecule has 2 aromatic heterocycles. The number of ether oxygens (including phenoxy) is 1. The third-order valence-electron chi connectivity index (χ3n) is 11.0. The van der Waals surface area contributed by atoms with E-state index in [-0.39, 0.29) is 29.9 Å². The van der Waals surface area contributed by atoms with E-state index in [4.69, 9.17) is 14.7 Å². The van der Waals surface area contributed by atoms with E-state index in [0.717, 1.165) is 95.2 Å².